The lowest BCUT2D eigenvalue weighted by molar-refractivity contribution is -0.132. The molecule has 2 rings (SSSR count). The van der Waals surface area contributed by atoms with E-state index in [0.717, 1.165) is 0 Å². The number of hydrogen-bond donors (Lipinski definition) is 1. The van der Waals surface area contributed by atoms with Gasteiger partial charge in [-0.25, -0.2) is 4.98 Å². The average Bonchev–Trinajstić information content (AvgIpc) is 2.38. The van der Waals surface area contributed by atoms with E-state index in [2.05, 4.69) is 10.3 Å². The van der Waals surface area contributed by atoms with Crippen LogP contribution in [-0.2, 0) is 9.59 Å². The maximum Gasteiger partial charge on any atom is 0.249 e. The van der Waals surface area contributed by atoms with Gasteiger partial charge in [-0.05, 0) is 18.6 Å². The predicted octanol–water partition coefficient (Wildman–Crippen LogP) is 0.195. The number of carbonyl (C=O) groups excluding carboxylic acids is 2. The second kappa shape index (κ2) is 4.84. The van der Waals surface area contributed by atoms with Gasteiger partial charge in [0.2, 0.25) is 11.8 Å². The molecular weight excluding hydrogens is 232 g/mol. The lowest BCUT2D eigenvalue weighted by Gasteiger charge is -2.34. The van der Waals surface area contributed by atoms with Gasteiger partial charge in [0.05, 0.1) is 18.2 Å². The number of aromatic nitrogens is 1. The first-order chi connectivity index (χ1) is 8.65. The average molecular weight is 244 g/mol. The molecular formula is C12H12N4O2. The van der Waals surface area contributed by atoms with Crippen LogP contribution in [0.5, 0.6) is 0 Å². The summed E-state index contributed by atoms with van der Waals surface area (Å²) >= 11 is 0. The van der Waals surface area contributed by atoms with Crippen molar-refractivity contribution in [2.75, 3.05) is 11.4 Å². The maximum absolute atomic E-state index is 11.7. The van der Waals surface area contributed by atoms with E-state index in [1.807, 2.05) is 13.0 Å². The van der Waals surface area contributed by atoms with Crippen LogP contribution < -0.4 is 10.2 Å². The zero-order valence-corrected chi connectivity index (χ0v) is 9.88. The first-order valence-corrected chi connectivity index (χ1v) is 5.62. The molecule has 0 bridgehead atoms. The molecule has 0 aromatic carbocycles. The van der Waals surface area contributed by atoms with Crippen LogP contribution in [0.25, 0.3) is 0 Å². The Hall–Kier alpha value is -2.42. The van der Waals surface area contributed by atoms with Crippen molar-refractivity contribution < 1.29 is 9.59 Å². The van der Waals surface area contributed by atoms with Crippen LogP contribution in [-0.4, -0.2) is 29.4 Å². The number of anilines is 1. The molecule has 0 spiro atoms. The van der Waals surface area contributed by atoms with Crippen molar-refractivity contribution >= 4 is 17.6 Å². The fourth-order valence-electron chi connectivity index (χ4n) is 1.96. The number of pyridine rings is 1. The second-order valence-electron chi connectivity index (χ2n) is 3.98. The summed E-state index contributed by atoms with van der Waals surface area (Å²) in [5.74, 6) is -0.198. The Kier molecular flexibility index (Phi) is 3.24. The van der Waals surface area contributed by atoms with E-state index in [4.69, 9.17) is 5.26 Å². The molecule has 2 amide bonds. The monoisotopic (exact) mass is 244 g/mol. The van der Waals surface area contributed by atoms with Crippen LogP contribution >= 0.6 is 0 Å². The Balaban J connectivity index is 2.37. The molecule has 1 N–H and O–H groups in total. The SMILES string of the molecule is CCC1C(=O)NC(=O)CN1c1cc(C#N)ccn1. The maximum atomic E-state index is 11.7. The Morgan fingerprint density at radius 3 is 3.06 bits per heavy atom. The summed E-state index contributed by atoms with van der Waals surface area (Å²) in [5, 5.41) is 11.1. The van der Waals surface area contributed by atoms with Gasteiger partial charge in [0, 0.05) is 6.20 Å². The molecule has 1 fully saturated rings. The van der Waals surface area contributed by atoms with Crippen molar-refractivity contribution in [1.29, 1.82) is 5.26 Å². The molecule has 6 nitrogen and oxygen atoms in total. The molecule has 1 unspecified atom stereocenters. The molecule has 18 heavy (non-hydrogen) atoms. The number of nitriles is 1. The summed E-state index contributed by atoms with van der Waals surface area (Å²) in [6.45, 7) is 1.94. The van der Waals surface area contributed by atoms with Crippen molar-refractivity contribution in [2.45, 2.75) is 19.4 Å². The molecule has 1 saturated heterocycles. The summed E-state index contributed by atoms with van der Waals surface area (Å²) in [5.41, 5.74) is 0.452. The number of imide groups is 1. The van der Waals surface area contributed by atoms with Gasteiger partial charge in [-0.2, -0.15) is 5.26 Å². The van der Waals surface area contributed by atoms with Gasteiger partial charge in [-0.15, -0.1) is 0 Å². The Morgan fingerprint density at radius 2 is 2.39 bits per heavy atom. The van der Waals surface area contributed by atoms with Crippen molar-refractivity contribution in [3.63, 3.8) is 0 Å². The molecule has 1 aromatic rings. The first kappa shape index (κ1) is 12.0. The molecule has 6 heteroatoms. The molecule has 0 radical (unpaired) electrons. The molecule has 0 saturated carbocycles. The molecule has 2 heterocycles. The van der Waals surface area contributed by atoms with Crippen LogP contribution in [0.4, 0.5) is 5.82 Å². The topological polar surface area (TPSA) is 86.1 Å². The van der Waals surface area contributed by atoms with E-state index in [9.17, 15) is 9.59 Å². The Morgan fingerprint density at radius 1 is 1.61 bits per heavy atom. The van der Waals surface area contributed by atoms with Crippen molar-refractivity contribution in [3.05, 3.63) is 23.9 Å². The molecule has 1 aliphatic heterocycles. The highest BCUT2D eigenvalue weighted by Crippen LogP contribution is 2.19. The largest absolute Gasteiger partial charge is 0.335 e. The molecule has 92 valence electrons. The highest BCUT2D eigenvalue weighted by Gasteiger charge is 2.33. The van der Waals surface area contributed by atoms with E-state index in [0.29, 0.717) is 17.8 Å². The number of hydrogen-bond acceptors (Lipinski definition) is 5. The summed E-state index contributed by atoms with van der Waals surface area (Å²) < 4.78 is 0. The zero-order chi connectivity index (χ0) is 13.1. The lowest BCUT2D eigenvalue weighted by atomic mass is 10.1. The van der Waals surface area contributed by atoms with Crippen molar-refractivity contribution in [2.24, 2.45) is 0 Å². The Labute approximate surface area is 104 Å². The third-order valence-corrected chi connectivity index (χ3v) is 2.81. The van der Waals surface area contributed by atoms with Crippen molar-refractivity contribution in [1.82, 2.24) is 10.3 Å². The number of amides is 2. The summed E-state index contributed by atoms with van der Waals surface area (Å²) in [6.07, 6.45) is 2.06. The summed E-state index contributed by atoms with van der Waals surface area (Å²) in [6, 6.07) is 4.74. The lowest BCUT2D eigenvalue weighted by Crippen LogP contribution is -2.58. The fourth-order valence-corrected chi connectivity index (χ4v) is 1.96. The first-order valence-electron chi connectivity index (χ1n) is 5.62. The van der Waals surface area contributed by atoms with Gasteiger partial charge < -0.3 is 4.90 Å². The fraction of sp³-hybridized carbons (Fsp3) is 0.333. The van der Waals surface area contributed by atoms with Crippen LogP contribution in [0.3, 0.4) is 0 Å². The van der Waals surface area contributed by atoms with Crippen LogP contribution in [0.1, 0.15) is 18.9 Å². The van der Waals surface area contributed by atoms with Crippen LogP contribution in [0, 0.1) is 11.3 Å². The third kappa shape index (κ3) is 2.15. The smallest absolute Gasteiger partial charge is 0.249 e. The number of carbonyl (C=O) groups is 2. The summed E-state index contributed by atoms with van der Waals surface area (Å²) in [4.78, 5) is 28.9. The second-order valence-corrected chi connectivity index (χ2v) is 3.98. The quantitative estimate of drug-likeness (QED) is 0.751. The van der Waals surface area contributed by atoms with Gasteiger partial charge in [0.1, 0.15) is 11.9 Å². The van der Waals surface area contributed by atoms with Gasteiger partial charge in [-0.3, -0.25) is 14.9 Å². The molecule has 0 aliphatic carbocycles. The van der Waals surface area contributed by atoms with Crippen LogP contribution in [0.2, 0.25) is 0 Å². The van der Waals surface area contributed by atoms with Crippen molar-refractivity contribution in [3.8, 4) is 6.07 Å². The minimum Gasteiger partial charge on any atom is -0.335 e. The van der Waals surface area contributed by atoms with Gasteiger partial charge in [0.25, 0.3) is 0 Å². The normalized spacial score (nSPS) is 19.3. The van der Waals surface area contributed by atoms with E-state index in [-0.39, 0.29) is 18.4 Å². The third-order valence-electron chi connectivity index (χ3n) is 2.81. The van der Waals surface area contributed by atoms with Gasteiger partial charge in [0.15, 0.2) is 0 Å². The minimum absolute atomic E-state index is 0.0755. The summed E-state index contributed by atoms with van der Waals surface area (Å²) in [7, 11) is 0. The molecule has 1 atom stereocenters. The van der Waals surface area contributed by atoms with Gasteiger partial charge >= 0.3 is 0 Å². The minimum atomic E-state index is -0.427. The number of rotatable bonds is 2. The Bertz CT molecular complexity index is 535. The van der Waals surface area contributed by atoms with E-state index < -0.39 is 6.04 Å². The number of piperazine rings is 1. The van der Waals surface area contributed by atoms with E-state index in [1.54, 1.807) is 17.0 Å². The highest BCUT2D eigenvalue weighted by atomic mass is 16.2. The van der Waals surface area contributed by atoms with Crippen LogP contribution in [0.15, 0.2) is 18.3 Å². The van der Waals surface area contributed by atoms with Gasteiger partial charge in [-0.1, -0.05) is 6.92 Å². The van der Waals surface area contributed by atoms with E-state index in [1.165, 1.54) is 6.20 Å². The predicted molar refractivity (Wildman–Crippen MR) is 63.5 cm³/mol. The highest BCUT2D eigenvalue weighted by molar-refractivity contribution is 6.04. The molecule has 1 aliphatic rings. The number of nitrogens with one attached hydrogen (secondary N) is 1. The standard InChI is InChI=1S/C12H12N4O2/c1-2-9-12(18)15-11(17)7-16(9)10-5-8(6-13)3-4-14-10/h3-5,9H,2,7H2,1H3,(H,15,17,18). The molecule has 1 aromatic heterocycles. The zero-order valence-electron chi connectivity index (χ0n) is 9.88. The number of nitrogens with zero attached hydrogens (tertiary/aromatic N) is 3. The van der Waals surface area contributed by atoms with E-state index >= 15 is 0 Å².